The van der Waals surface area contributed by atoms with Crippen molar-refractivity contribution in [1.82, 2.24) is 5.32 Å². The van der Waals surface area contributed by atoms with Gasteiger partial charge < -0.3 is 5.32 Å². The third kappa shape index (κ3) is 5.72. The number of aryl methyl sites for hydroxylation is 2. The molecule has 0 aromatic heterocycles. The number of nitrogens with one attached hydrogen (secondary N) is 1. The summed E-state index contributed by atoms with van der Waals surface area (Å²) in [7, 11) is -4.11. The minimum Gasteiger partial charge on any atom is -0.348 e. The largest absolute Gasteiger partial charge is 0.348 e. The number of sulfonamides is 1. The SMILES string of the molecule is CCC(NC(=O)CN(c1ccc(F)c(Cl)c1)S(=O)(=O)c1ccccc1)c1ccc(C)c(C)c1. The van der Waals surface area contributed by atoms with Gasteiger partial charge in [0, 0.05) is 0 Å². The van der Waals surface area contributed by atoms with Gasteiger partial charge in [-0.2, -0.15) is 0 Å². The van der Waals surface area contributed by atoms with Gasteiger partial charge in [-0.1, -0.05) is 54.9 Å². The van der Waals surface area contributed by atoms with Gasteiger partial charge in [-0.3, -0.25) is 9.10 Å². The van der Waals surface area contributed by atoms with Crippen LogP contribution in [0.5, 0.6) is 0 Å². The second-order valence-electron chi connectivity index (χ2n) is 7.80. The highest BCUT2D eigenvalue weighted by Gasteiger charge is 2.28. The molecular weight excluding hydrogens is 463 g/mol. The molecule has 33 heavy (non-hydrogen) atoms. The molecule has 1 atom stereocenters. The predicted octanol–water partition coefficient (Wildman–Crippen LogP) is 5.56. The molecule has 0 fully saturated rings. The average molecular weight is 489 g/mol. The Balaban J connectivity index is 1.93. The molecule has 8 heteroatoms. The highest BCUT2D eigenvalue weighted by molar-refractivity contribution is 7.92. The van der Waals surface area contributed by atoms with Crippen LogP contribution < -0.4 is 9.62 Å². The number of amides is 1. The summed E-state index contributed by atoms with van der Waals surface area (Å²) in [5.74, 6) is -1.16. The summed E-state index contributed by atoms with van der Waals surface area (Å²) in [4.78, 5) is 13.0. The van der Waals surface area contributed by atoms with Crippen molar-refractivity contribution in [1.29, 1.82) is 0 Å². The van der Waals surface area contributed by atoms with Crippen LogP contribution in [0.15, 0.2) is 71.6 Å². The fourth-order valence-corrected chi connectivity index (χ4v) is 5.06. The Morgan fingerprint density at radius 2 is 1.73 bits per heavy atom. The van der Waals surface area contributed by atoms with Gasteiger partial charge in [-0.05, 0) is 67.3 Å². The lowest BCUT2D eigenvalue weighted by Crippen LogP contribution is -2.42. The lowest BCUT2D eigenvalue weighted by Gasteiger charge is -2.26. The van der Waals surface area contributed by atoms with Gasteiger partial charge in [0.15, 0.2) is 0 Å². The molecular formula is C25H26ClFN2O3S. The van der Waals surface area contributed by atoms with Gasteiger partial charge in [0.1, 0.15) is 12.4 Å². The van der Waals surface area contributed by atoms with E-state index in [1.54, 1.807) is 18.2 Å². The van der Waals surface area contributed by atoms with Crippen molar-refractivity contribution in [2.75, 3.05) is 10.8 Å². The first-order valence-corrected chi connectivity index (χ1v) is 12.3. The molecule has 3 aromatic carbocycles. The third-order valence-electron chi connectivity index (χ3n) is 5.49. The van der Waals surface area contributed by atoms with Crippen molar-refractivity contribution in [3.63, 3.8) is 0 Å². The lowest BCUT2D eigenvalue weighted by molar-refractivity contribution is -0.120. The molecule has 0 saturated carbocycles. The third-order valence-corrected chi connectivity index (χ3v) is 7.56. The molecule has 3 aromatic rings. The van der Waals surface area contributed by atoms with Crippen molar-refractivity contribution >= 4 is 33.2 Å². The van der Waals surface area contributed by atoms with Crippen LogP contribution in [0.25, 0.3) is 0 Å². The molecule has 0 heterocycles. The normalized spacial score (nSPS) is 12.3. The quantitative estimate of drug-likeness (QED) is 0.451. The molecule has 0 radical (unpaired) electrons. The van der Waals surface area contributed by atoms with Gasteiger partial charge in [-0.15, -0.1) is 0 Å². The Bertz CT molecular complexity index is 1250. The zero-order valence-corrected chi connectivity index (χ0v) is 20.3. The first-order chi connectivity index (χ1) is 15.6. The second-order valence-corrected chi connectivity index (χ2v) is 10.1. The molecule has 5 nitrogen and oxygen atoms in total. The lowest BCUT2D eigenvalue weighted by atomic mass is 9.99. The van der Waals surface area contributed by atoms with E-state index in [2.05, 4.69) is 5.32 Å². The average Bonchev–Trinajstić information content (AvgIpc) is 2.80. The highest BCUT2D eigenvalue weighted by atomic mass is 35.5. The summed E-state index contributed by atoms with van der Waals surface area (Å²) in [6.07, 6.45) is 0.627. The number of benzene rings is 3. The van der Waals surface area contributed by atoms with Crippen molar-refractivity contribution in [3.8, 4) is 0 Å². The van der Waals surface area contributed by atoms with Crippen molar-refractivity contribution in [2.24, 2.45) is 0 Å². The second kappa shape index (κ2) is 10.4. The minimum absolute atomic E-state index is 0.0134. The first kappa shape index (κ1) is 24.7. The van der Waals surface area contributed by atoms with Crippen LogP contribution in [0, 0.1) is 19.7 Å². The van der Waals surface area contributed by atoms with Crippen LogP contribution in [0.1, 0.15) is 36.1 Å². The van der Waals surface area contributed by atoms with E-state index in [0.717, 1.165) is 27.1 Å². The number of halogens is 2. The monoisotopic (exact) mass is 488 g/mol. The van der Waals surface area contributed by atoms with E-state index < -0.39 is 28.3 Å². The van der Waals surface area contributed by atoms with E-state index in [9.17, 15) is 17.6 Å². The highest BCUT2D eigenvalue weighted by Crippen LogP contribution is 2.28. The minimum atomic E-state index is -4.11. The Labute approximate surface area is 199 Å². The Kier molecular flexibility index (Phi) is 7.76. The van der Waals surface area contributed by atoms with Crippen molar-refractivity contribution in [3.05, 3.63) is 94.3 Å². The van der Waals surface area contributed by atoms with Crippen LogP contribution >= 0.6 is 11.6 Å². The number of rotatable bonds is 8. The number of hydrogen-bond acceptors (Lipinski definition) is 3. The summed E-state index contributed by atoms with van der Waals surface area (Å²) in [6, 6.07) is 17.0. The van der Waals surface area contributed by atoms with Crippen molar-refractivity contribution in [2.45, 2.75) is 38.1 Å². The van der Waals surface area contributed by atoms with Crippen LogP contribution in [0.3, 0.4) is 0 Å². The maximum absolute atomic E-state index is 13.7. The van der Waals surface area contributed by atoms with Gasteiger partial charge >= 0.3 is 0 Å². The van der Waals surface area contributed by atoms with E-state index in [4.69, 9.17) is 11.6 Å². The maximum atomic E-state index is 13.7. The smallest absolute Gasteiger partial charge is 0.264 e. The Morgan fingerprint density at radius 3 is 2.33 bits per heavy atom. The van der Waals surface area contributed by atoms with E-state index in [1.165, 1.54) is 24.3 Å². The van der Waals surface area contributed by atoms with Crippen LogP contribution in [-0.4, -0.2) is 20.9 Å². The standard InChI is InChI=1S/C25H26ClFN2O3S/c1-4-24(19-11-10-17(2)18(3)14-19)28-25(30)16-29(20-12-13-23(27)22(26)15-20)33(31,32)21-8-6-5-7-9-21/h5-15,24H,4,16H2,1-3H3,(H,28,30). The number of nitrogens with zero attached hydrogens (tertiary/aromatic N) is 1. The first-order valence-electron chi connectivity index (χ1n) is 10.5. The van der Waals surface area contributed by atoms with E-state index >= 15 is 0 Å². The summed E-state index contributed by atoms with van der Waals surface area (Å²) in [6.45, 7) is 5.47. The molecule has 1 N–H and O–H groups in total. The zero-order valence-electron chi connectivity index (χ0n) is 18.7. The van der Waals surface area contributed by atoms with Crippen molar-refractivity contribution < 1.29 is 17.6 Å². The predicted molar refractivity (Wildman–Crippen MR) is 129 cm³/mol. The topological polar surface area (TPSA) is 66.5 Å². The Morgan fingerprint density at radius 1 is 1.03 bits per heavy atom. The van der Waals surface area contributed by atoms with E-state index in [-0.39, 0.29) is 21.6 Å². The number of carbonyl (C=O) groups excluding carboxylic acids is 1. The van der Waals surface area contributed by atoms with Gasteiger partial charge in [0.05, 0.1) is 21.6 Å². The number of hydrogen-bond donors (Lipinski definition) is 1. The van der Waals surface area contributed by atoms with Gasteiger partial charge in [-0.25, -0.2) is 12.8 Å². The molecule has 0 aliphatic carbocycles. The zero-order chi connectivity index (χ0) is 24.2. The molecule has 174 valence electrons. The van der Waals surface area contributed by atoms with E-state index in [1.807, 2.05) is 39.0 Å². The van der Waals surface area contributed by atoms with Crippen LogP contribution in [-0.2, 0) is 14.8 Å². The molecule has 0 spiro atoms. The molecule has 0 aliphatic rings. The fourth-order valence-electron chi connectivity index (χ4n) is 3.45. The molecule has 0 aliphatic heterocycles. The molecule has 1 amide bonds. The summed E-state index contributed by atoms with van der Waals surface area (Å²) >= 11 is 5.91. The Hall–Kier alpha value is -2.90. The molecule has 0 saturated heterocycles. The fraction of sp³-hybridized carbons (Fsp3) is 0.240. The summed E-state index contributed by atoms with van der Waals surface area (Å²) in [5.41, 5.74) is 3.29. The van der Waals surface area contributed by atoms with Gasteiger partial charge in [0.2, 0.25) is 5.91 Å². The maximum Gasteiger partial charge on any atom is 0.264 e. The number of anilines is 1. The van der Waals surface area contributed by atoms with Gasteiger partial charge in [0.25, 0.3) is 10.0 Å². The summed E-state index contributed by atoms with van der Waals surface area (Å²) < 4.78 is 41.4. The van der Waals surface area contributed by atoms with E-state index in [0.29, 0.717) is 6.42 Å². The molecule has 3 rings (SSSR count). The summed E-state index contributed by atoms with van der Waals surface area (Å²) in [5, 5.41) is 2.69. The molecule has 1 unspecified atom stereocenters. The molecule has 0 bridgehead atoms. The number of carbonyl (C=O) groups is 1. The van der Waals surface area contributed by atoms with Crippen LogP contribution in [0.4, 0.5) is 10.1 Å². The van der Waals surface area contributed by atoms with Crippen LogP contribution in [0.2, 0.25) is 5.02 Å².